The third kappa shape index (κ3) is 4.15. The molecule has 0 saturated carbocycles. The lowest BCUT2D eigenvalue weighted by Gasteiger charge is -2.16. The number of halogens is 3. The van der Waals surface area contributed by atoms with Gasteiger partial charge in [0.05, 0.1) is 14.2 Å². The fourth-order valence-electron chi connectivity index (χ4n) is 2.09. The molecular weight excluding hydrogens is 419 g/mol. The number of hydrogen-bond donors (Lipinski definition) is 0. The minimum atomic E-state index is 0.0964. The Bertz CT molecular complexity index is 632. The van der Waals surface area contributed by atoms with Crippen molar-refractivity contribution in [1.82, 2.24) is 0 Å². The maximum atomic E-state index is 6.35. The third-order valence-electron chi connectivity index (χ3n) is 3.14. The van der Waals surface area contributed by atoms with Crippen molar-refractivity contribution in [3.63, 3.8) is 0 Å². The van der Waals surface area contributed by atoms with Crippen molar-refractivity contribution in [1.29, 1.82) is 0 Å². The highest BCUT2D eigenvalue weighted by Crippen LogP contribution is 2.39. The summed E-state index contributed by atoms with van der Waals surface area (Å²) in [5.74, 6) is 1.31. The molecule has 0 aliphatic heterocycles. The Balaban J connectivity index is 2.28. The van der Waals surface area contributed by atoms with Crippen molar-refractivity contribution in [2.45, 2.75) is 11.2 Å². The quantitative estimate of drug-likeness (QED) is 0.554. The smallest absolute Gasteiger partial charge is 0.162 e. The summed E-state index contributed by atoms with van der Waals surface area (Å²) < 4.78 is 11.7. The second-order valence-electron chi connectivity index (χ2n) is 4.53. The summed E-state index contributed by atoms with van der Waals surface area (Å²) in [5, 5.41) is 0.657. The highest BCUT2D eigenvalue weighted by Gasteiger charge is 2.16. The summed E-state index contributed by atoms with van der Waals surface area (Å²) in [6.45, 7) is 0. The molecule has 0 amide bonds. The van der Waals surface area contributed by atoms with Crippen LogP contribution in [0.1, 0.15) is 16.0 Å². The Hall–Kier alpha value is -0.710. The van der Waals surface area contributed by atoms with Gasteiger partial charge in [0, 0.05) is 20.4 Å². The van der Waals surface area contributed by atoms with Gasteiger partial charge in [0.2, 0.25) is 0 Å². The highest BCUT2D eigenvalue weighted by atomic mass is 79.9. The number of rotatable bonds is 5. The van der Waals surface area contributed by atoms with Crippen LogP contribution in [0, 0.1) is 0 Å². The van der Waals surface area contributed by atoms with E-state index in [9.17, 15) is 0 Å². The van der Waals surface area contributed by atoms with Gasteiger partial charge in [-0.15, -0.1) is 0 Å². The molecule has 0 N–H and O–H groups in total. The Morgan fingerprint density at radius 1 is 1.10 bits per heavy atom. The predicted octanol–water partition coefficient (Wildman–Crippen LogP) is 5.80. The van der Waals surface area contributed by atoms with Crippen LogP contribution in [0.4, 0.5) is 0 Å². The Morgan fingerprint density at radius 3 is 2.38 bits per heavy atom. The SMILES string of the molecule is COc1cc(Cl)c(C(Br)Cc2cccc(Br)c2)cc1OC. The van der Waals surface area contributed by atoms with Crippen LogP contribution in [-0.4, -0.2) is 14.2 Å². The molecule has 112 valence electrons. The van der Waals surface area contributed by atoms with E-state index in [-0.39, 0.29) is 4.83 Å². The second kappa shape index (κ2) is 7.52. The molecule has 0 aliphatic rings. The second-order valence-corrected chi connectivity index (χ2v) is 6.96. The van der Waals surface area contributed by atoms with Crippen molar-refractivity contribution in [3.05, 3.63) is 57.0 Å². The molecule has 1 unspecified atom stereocenters. The van der Waals surface area contributed by atoms with Crippen molar-refractivity contribution in [3.8, 4) is 11.5 Å². The van der Waals surface area contributed by atoms with Crippen molar-refractivity contribution in [2.24, 2.45) is 0 Å². The van der Waals surface area contributed by atoms with E-state index in [0.717, 1.165) is 16.5 Å². The van der Waals surface area contributed by atoms with Gasteiger partial charge in [0.1, 0.15) is 0 Å². The summed E-state index contributed by atoms with van der Waals surface area (Å²) in [5.41, 5.74) is 2.20. The van der Waals surface area contributed by atoms with Gasteiger partial charge in [-0.1, -0.05) is 55.6 Å². The average Bonchev–Trinajstić information content (AvgIpc) is 2.46. The minimum absolute atomic E-state index is 0.0964. The monoisotopic (exact) mass is 432 g/mol. The van der Waals surface area contributed by atoms with Gasteiger partial charge in [-0.3, -0.25) is 0 Å². The lowest BCUT2D eigenvalue weighted by atomic mass is 10.0. The summed E-state index contributed by atoms with van der Waals surface area (Å²) in [7, 11) is 3.22. The first-order chi connectivity index (χ1) is 10.0. The van der Waals surface area contributed by atoms with Gasteiger partial charge < -0.3 is 9.47 Å². The molecule has 5 heteroatoms. The molecule has 0 heterocycles. The van der Waals surface area contributed by atoms with E-state index in [1.807, 2.05) is 18.2 Å². The number of methoxy groups -OCH3 is 2. The van der Waals surface area contributed by atoms with E-state index in [2.05, 4.69) is 44.0 Å². The van der Waals surface area contributed by atoms with Crippen LogP contribution in [0.3, 0.4) is 0 Å². The zero-order valence-corrected chi connectivity index (χ0v) is 15.6. The zero-order valence-electron chi connectivity index (χ0n) is 11.7. The molecule has 1 atom stereocenters. The molecule has 0 spiro atoms. The van der Waals surface area contributed by atoms with Crippen LogP contribution in [0.2, 0.25) is 5.02 Å². The number of hydrogen-bond acceptors (Lipinski definition) is 2. The summed E-state index contributed by atoms with van der Waals surface area (Å²) in [6.07, 6.45) is 0.828. The number of ether oxygens (including phenoxy) is 2. The molecule has 2 aromatic rings. The lowest BCUT2D eigenvalue weighted by Crippen LogP contribution is -1.99. The highest BCUT2D eigenvalue weighted by molar-refractivity contribution is 9.10. The van der Waals surface area contributed by atoms with Crippen LogP contribution in [0.15, 0.2) is 40.9 Å². The molecular formula is C16H15Br2ClO2. The first-order valence-electron chi connectivity index (χ1n) is 6.35. The van der Waals surface area contributed by atoms with Crippen LogP contribution in [0.5, 0.6) is 11.5 Å². The van der Waals surface area contributed by atoms with Gasteiger partial charge in [-0.2, -0.15) is 0 Å². The first kappa shape index (κ1) is 16.7. The number of alkyl halides is 1. The third-order valence-corrected chi connectivity index (χ3v) is 4.78. The summed E-state index contributed by atoms with van der Waals surface area (Å²) >= 11 is 13.6. The Labute approximate surface area is 146 Å². The van der Waals surface area contributed by atoms with Gasteiger partial charge in [0.25, 0.3) is 0 Å². The standard InChI is InChI=1S/C16H15Br2ClO2/c1-20-15-8-12(14(19)9-16(15)21-2)13(18)7-10-4-3-5-11(17)6-10/h3-6,8-9,13H,7H2,1-2H3. The molecule has 0 bridgehead atoms. The van der Waals surface area contributed by atoms with Gasteiger partial charge >= 0.3 is 0 Å². The van der Waals surface area contributed by atoms with E-state index < -0.39 is 0 Å². The van der Waals surface area contributed by atoms with Crippen molar-refractivity contribution >= 4 is 43.5 Å². The first-order valence-corrected chi connectivity index (χ1v) is 8.43. The Morgan fingerprint density at radius 2 is 1.76 bits per heavy atom. The summed E-state index contributed by atoms with van der Waals surface area (Å²) in [6, 6.07) is 11.9. The lowest BCUT2D eigenvalue weighted by molar-refractivity contribution is 0.354. The van der Waals surface area contributed by atoms with Gasteiger partial charge in [-0.25, -0.2) is 0 Å². The fourth-order valence-corrected chi connectivity index (χ4v) is 3.71. The van der Waals surface area contributed by atoms with Crippen LogP contribution < -0.4 is 9.47 Å². The van der Waals surface area contributed by atoms with Gasteiger partial charge in [0.15, 0.2) is 11.5 Å². The average molecular weight is 435 g/mol. The fraction of sp³-hybridized carbons (Fsp3) is 0.250. The van der Waals surface area contributed by atoms with Crippen LogP contribution in [-0.2, 0) is 6.42 Å². The largest absolute Gasteiger partial charge is 0.493 e. The normalized spacial score (nSPS) is 12.0. The van der Waals surface area contributed by atoms with Crippen molar-refractivity contribution in [2.75, 3.05) is 14.2 Å². The van der Waals surface area contributed by atoms with E-state index in [1.165, 1.54) is 5.56 Å². The number of benzene rings is 2. The predicted molar refractivity (Wildman–Crippen MR) is 94.1 cm³/mol. The van der Waals surface area contributed by atoms with Crippen molar-refractivity contribution < 1.29 is 9.47 Å². The zero-order chi connectivity index (χ0) is 15.4. The molecule has 0 aromatic heterocycles. The molecule has 21 heavy (non-hydrogen) atoms. The topological polar surface area (TPSA) is 18.5 Å². The molecule has 2 aromatic carbocycles. The minimum Gasteiger partial charge on any atom is -0.493 e. The molecule has 0 radical (unpaired) electrons. The van der Waals surface area contributed by atoms with Gasteiger partial charge in [-0.05, 0) is 35.7 Å². The van der Waals surface area contributed by atoms with E-state index in [4.69, 9.17) is 21.1 Å². The molecule has 0 saturated heterocycles. The molecule has 2 rings (SSSR count). The maximum absolute atomic E-state index is 6.35. The van der Waals surface area contributed by atoms with E-state index in [0.29, 0.717) is 16.5 Å². The van der Waals surface area contributed by atoms with E-state index >= 15 is 0 Å². The van der Waals surface area contributed by atoms with Crippen LogP contribution in [0.25, 0.3) is 0 Å². The summed E-state index contributed by atoms with van der Waals surface area (Å²) in [4.78, 5) is 0.0964. The molecule has 0 aliphatic carbocycles. The molecule has 0 fully saturated rings. The van der Waals surface area contributed by atoms with E-state index in [1.54, 1.807) is 20.3 Å². The molecule has 2 nitrogen and oxygen atoms in total. The Kier molecular flexibility index (Phi) is 5.97. The maximum Gasteiger partial charge on any atom is 0.162 e. The van der Waals surface area contributed by atoms with Crippen LogP contribution >= 0.6 is 43.5 Å².